The number of carboxylic acids is 1. The van der Waals surface area contributed by atoms with E-state index in [0.29, 0.717) is 19.8 Å². The minimum atomic E-state index is -0.920. The van der Waals surface area contributed by atoms with Gasteiger partial charge in [-0.15, -0.1) is 0 Å². The van der Waals surface area contributed by atoms with E-state index in [2.05, 4.69) is 5.32 Å². The molecule has 2 rings (SSSR count). The number of ether oxygens (including phenoxy) is 2. The molecule has 2 aromatic carbocycles. The zero-order chi connectivity index (χ0) is 16.7. The fourth-order valence-corrected chi connectivity index (χ4v) is 2.09. The van der Waals surface area contributed by atoms with Crippen LogP contribution in [-0.2, 0) is 11.3 Å². The van der Waals surface area contributed by atoms with E-state index in [1.165, 1.54) is 0 Å². The van der Waals surface area contributed by atoms with Crippen molar-refractivity contribution in [2.45, 2.75) is 13.5 Å². The van der Waals surface area contributed by atoms with E-state index in [1.54, 1.807) is 31.4 Å². The van der Waals surface area contributed by atoms with E-state index in [0.717, 1.165) is 22.6 Å². The van der Waals surface area contributed by atoms with Gasteiger partial charge in [-0.2, -0.15) is 0 Å². The largest absolute Gasteiger partial charge is 0.489 e. The molecule has 5 nitrogen and oxygen atoms in total. The molecule has 2 N–H and O–H groups in total. The Hall–Kier alpha value is -2.53. The van der Waals surface area contributed by atoms with Crippen LogP contribution in [0.4, 0.5) is 5.69 Å². The minimum absolute atomic E-state index is 0.285. The standard InChI is InChI=1S/C18H21NO4/c1-13-3-8-16(17(11-13)23-10-9-22-2)19-12-14-4-6-15(7-5-14)18(20)21/h3-8,11,19H,9-10,12H2,1-2H3,(H,20,21). The third-order valence-corrected chi connectivity index (χ3v) is 3.37. The summed E-state index contributed by atoms with van der Waals surface area (Å²) in [5.74, 6) is -0.138. The molecule has 0 saturated carbocycles. The maximum Gasteiger partial charge on any atom is 0.335 e. The summed E-state index contributed by atoms with van der Waals surface area (Å²) in [6.07, 6.45) is 0. The van der Waals surface area contributed by atoms with E-state index in [1.807, 2.05) is 25.1 Å². The molecule has 0 heterocycles. The predicted octanol–water partition coefficient (Wildman–Crippen LogP) is 3.33. The molecule has 0 amide bonds. The summed E-state index contributed by atoms with van der Waals surface area (Å²) in [4.78, 5) is 10.9. The quantitative estimate of drug-likeness (QED) is 0.731. The van der Waals surface area contributed by atoms with Crippen molar-refractivity contribution < 1.29 is 19.4 Å². The Morgan fingerprint density at radius 2 is 1.87 bits per heavy atom. The maximum atomic E-state index is 10.9. The number of methoxy groups -OCH3 is 1. The second-order valence-corrected chi connectivity index (χ2v) is 5.20. The first kappa shape index (κ1) is 16.8. The molecule has 122 valence electrons. The Bertz CT molecular complexity index is 653. The lowest BCUT2D eigenvalue weighted by molar-refractivity contribution is 0.0697. The topological polar surface area (TPSA) is 67.8 Å². The number of rotatable bonds is 8. The van der Waals surface area contributed by atoms with Crippen molar-refractivity contribution in [3.05, 3.63) is 59.2 Å². The van der Waals surface area contributed by atoms with Crippen molar-refractivity contribution in [2.24, 2.45) is 0 Å². The molecular weight excluding hydrogens is 294 g/mol. The van der Waals surface area contributed by atoms with Gasteiger partial charge in [-0.05, 0) is 42.3 Å². The molecule has 2 aromatic rings. The number of benzene rings is 2. The van der Waals surface area contributed by atoms with Crippen LogP contribution in [0.25, 0.3) is 0 Å². The van der Waals surface area contributed by atoms with Gasteiger partial charge in [0.05, 0.1) is 17.9 Å². The first-order valence-electron chi connectivity index (χ1n) is 7.38. The molecular formula is C18H21NO4. The number of hydrogen-bond donors (Lipinski definition) is 2. The number of aryl methyl sites for hydroxylation is 1. The van der Waals surface area contributed by atoms with Gasteiger partial charge in [0.25, 0.3) is 0 Å². The number of hydrogen-bond acceptors (Lipinski definition) is 4. The normalized spacial score (nSPS) is 10.3. The summed E-state index contributed by atoms with van der Waals surface area (Å²) in [5, 5.41) is 12.2. The number of carbonyl (C=O) groups is 1. The lowest BCUT2D eigenvalue weighted by Crippen LogP contribution is -2.07. The van der Waals surface area contributed by atoms with E-state index in [-0.39, 0.29) is 5.56 Å². The van der Waals surface area contributed by atoms with Gasteiger partial charge in [-0.3, -0.25) is 0 Å². The van der Waals surface area contributed by atoms with E-state index < -0.39 is 5.97 Å². The van der Waals surface area contributed by atoms with E-state index in [4.69, 9.17) is 14.6 Å². The molecule has 0 aromatic heterocycles. The van der Waals surface area contributed by atoms with E-state index in [9.17, 15) is 4.79 Å². The minimum Gasteiger partial charge on any atom is -0.489 e. The monoisotopic (exact) mass is 315 g/mol. The summed E-state index contributed by atoms with van der Waals surface area (Å²) in [6.45, 7) is 3.62. The summed E-state index contributed by atoms with van der Waals surface area (Å²) in [6, 6.07) is 12.8. The second-order valence-electron chi connectivity index (χ2n) is 5.20. The fourth-order valence-electron chi connectivity index (χ4n) is 2.09. The molecule has 0 aliphatic carbocycles. The van der Waals surface area contributed by atoms with Crippen LogP contribution < -0.4 is 10.1 Å². The molecule has 0 fully saturated rings. The molecule has 0 aliphatic heterocycles. The zero-order valence-corrected chi connectivity index (χ0v) is 13.3. The summed E-state index contributed by atoms with van der Waals surface area (Å²) >= 11 is 0. The van der Waals surface area contributed by atoms with Gasteiger partial charge in [0, 0.05) is 13.7 Å². The summed E-state index contributed by atoms with van der Waals surface area (Å²) in [7, 11) is 1.64. The summed E-state index contributed by atoms with van der Waals surface area (Å²) < 4.78 is 10.7. The smallest absolute Gasteiger partial charge is 0.335 e. The van der Waals surface area contributed by atoms with Gasteiger partial charge in [0.15, 0.2) is 0 Å². The molecule has 23 heavy (non-hydrogen) atoms. The van der Waals surface area contributed by atoms with Crippen LogP contribution in [0.1, 0.15) is 21.5 Å². The van der Waals surface area contributed by atoms with Crippen LogP contribution in [0.5, 0.6) is 5.75 Å². The molecule has 0 unspecified atom stereocenters. The summed E-state index contributed by atoms with van der Waals surface area (Å²) in [5.41, 5.74) is 3.30. The Balaban J connectivity index is 2.02. The Kier molecular flexibility index (Phi) is 6.00. The van der Waals surface area contributed by atoms with Crippen molar-refractivity contribution in [3.63, 3.8) is 0 Å². The van der Waals surface area contributed by atoms with Crippen LogP contribution in [0.3, 0.4) is 0 Å². The van der Waals surface area contributed by atoms with Crippen molar-refractivity contribution >= 4 is 11.7 Å². The third kappa shape index (κ3) is 5.00. The van der Waals surface area contributed by atoms with Crippen molar-refractivity contribution in [1.29, 1.82) is 0 Å². The molecule has 0 bridgehead atoms. The Labute approximate surface area is 135 Å². The number of carboxylic acid groups (broad SMARTS) is 1. The lowest BCUT2D eigenvalue weighted by Gasteiger charge is -2.14. The van der Waals surface area contributed by atoms with Gasteiger partial charge >= 0.3 is 5.97 Å². The third-order valence-electron chi connectivity index (χ3n) is 3.37. The van der Waals surface area contributed by atoms with Crippen molar-refractivity contribution in [1.82, 2.24) is 0 Å². The molecule has 0 saturated heterocycles. The van der Waals surface area contributed by atoms with Gasteiger partial charge in [0.1, 0.15) is 12.4 Å². The van der Waals surface area contributed by atoms with Crippen LogP contribution >= 0.6 is 0 Å². The Morgan fingerprint density at radius 1 is 1.13 bits per heavy atom. The van der Waals surface area contributed by atoms with E-state index >= 15 is 0 Å². The van der Waals surface area contributed by atoms with Gasteiger partial charge in [-0.25, -0.2) is 4.79 Å². The van der Waals surface area contributed by atoms with Crippen LogP contribution in [-0.4, -0.2) is 31.4 Å². The average Bonchev–Trinajstić information content (AvgIpc) is 2.54. The van der Waals surface area contributed by atoms with Gasteiger partial charge in [0.2, 0.25) is 0 Å². The molecule has 0 radical (unpaired) electrons. The van der Waals surface area contributed by atoms with Crippen LogP contribution in [0.15, 0.2) is 42.5 Å². The van der Waals surface area contributed by atoms with Crippen LogP contribution in [0.2, 0.25) is 0 Å². The SMILES string of the molecule is COCCOc1cc(C)ccc1NCc1ccc(C(=O)O)cc1. The highest BCUT2D eigenvalue weighted by atomic mass is 16.5. The molecule has 0 spiro atoms. The predicted molar refractivity (Wildman–Crippen MR) is 89.3 cm³/mol. The average molecular weight is 315 g/mol. The highest BCUT2D eigenvalue weighted by Gasteiger charge is 2.05. The van der Waals surface area contributed by atoms with Crippen LogP contribution in [0, 0.1) is 6.92 Å². The van der Waals surface area contributed by atoms with Crippen molar-refractivity contribution in [2.75, 3.05) is 25.6 Å². The van der Waals surface area contributed by atoms with Gasteiger partial charge < -0.3 is 19.9 Å². The highest BCUT2D eigenvalue weighted by molar-refractivity contribution is 5.87. The second kappa shape index (κ2) is 8.19. The zero-order valence-electron chi connectivity index (χ0n) is 13.3. The maximum absolute atomic E-state index is 10.9. The van der Waals surface area contributed by atoms with Crippen molar-refractivity contribution in [3.8, 4) is 5.75 Å². The molecule has 0 atom stereocenters. The first-order chi connectivity index (χ1) is 11.1. The number of aromatic carboxylic acids is 1. The highest BCUT2D eigenvalue weighted by Crippen LogP contribution is 2.26. The molecule has 5 heteroatoms. The van der Waals surface area contributed by atoms with Gasteiger partial charge in [-0.1, -0.05) is 18.2 Å². The number of anilines is 1. The number of nitrogens with one attached hydrogen (secondary N) is 1. The lowest BCUT2D eigenvalue weighted by atomic mass is 10.1. The fraction of sp³-hybridized carbons (Fsp3) is 0.278. The Morgan fingerprint density at radius 3 is 2.52 bits per heavy atom. The molecule has 0 aliphatic rings. The first-order valence-corrected chi connectivity index (χ1v) is 7.38.